The highest BCUT2D eigenvalue weighted by molar-refractivity contribution is 5.73. The summed E-state index contributed by atoms with van der Waals surface area (Å²) >= 11 is 0. The van der Waals surface area contributed by atoms with Gasteiger partial charge in [0, 0.05) is 6.54 Å². The molecule has 10 heteroatoms. The molecule has 1 aliphatic rings. The van der Waals surface area contributed by atoms with Crippen LogP contribution in [0.4, 0.5) is 4.79 Å². The van der Waals surface area contributed by atoms with Crippen LogP contribution in [0.5, 0.6) is 5.75 Å². The SMILES string of the molecule is CC.CC(C)(C)CCNC(=O)OCc1ccc(OCC2O[C@H](C(=O)O)[C@@H](O)[C@H](O)[C@H]2O)cc1. The number of benzene rings is 1. The molecule has 0 aliphatic carbocycles. The third-order valence-corrected chi connectivity index (χ3v) is 4.81. The van der Waals surface area contributed by atoms with Crippen molar-refractivity contribution in [3.63, 3.8) is 0 Å². The summed E-state index contributed by atoms with van der Waals surface area (Å²) in [4.78, 5) is 22.9. The molecule has 188 valence electrons. The molecule has 10 nitrogen and oxygen atoms in total. The average Bonchev–Trinajstić information content (AvgIpc) is 2.76. The summed E-state index contributed by atoms with van der Waals surface area (Å²) in [5, 5.41) is 41.3. The molecule has 1 saturated heterocycles. The lowest BCUT2D eigenvalue weighted by molar-refractivity contribution is -0.231. The molecular weight excluding hydrogens is 434 g/mol. The Morgan fingerprint density at radius 3 is 2.18 bits per heavy atom. The van der Waals surface area contributed by atoms with Crippen LogP contribution >= 0.6 is 0 Å². The minimum absolute atomic E-state index is 0.0798. The first-order chi connectivity index (χ1) is 15.5. The van der Waals surface area contributed by atoms with Gasteiger partial charge in [0.1, 0.15) is 43.4 Å². The molecule has 1 unspecified atom stereocenters. The van der Waals surface area contributed by atoms with Crippen LogP contribution in [-0.4, -0.2) is 76.2 Å². The van der Waals surface area contributed by atoms with Crippen molar-refractivity contribution in [1.29, 1.82) is 0 Å². The number of aliphatic hydroxyl groups is 3. The predicted octanol–water partition coefficient (Wildman–Crippen LogP) is 1.69. The van der Waals surface area contributed by atoms with Crippen LogP contribution in [0.3, 0.4) is 0 Å². The van der Waals surface area contributed by atoms with E-state index in [0.29, 0.717) is 12.3 Å². The van der Waals surface area contributed by atoms with E-state index in [1.54, 1.807) is 24.3 Å². The first-order valence-corrected chi connectivity index (χ1v) is 11.0. The lowest BCUT2D eigenvalue weighted by atomic mass is 9.92. The molecule has 2 rings (SSSR count). The number of hydrogen-bond donors (Lipinski definition) is 5. The van der Waals surface area contributed by atoms with Gasteiger partial charge in [0.25, 0.3) is 0 Å². The second-order valence-electron chi connectivity index (χ2n) is 8.67. The van der Waals surface area contributed by atoms with E-state index in [1.807, 2.05) is 13.8 Å². The van der Waals surface area contributed by atoms with E-state index < -0.39 is 42.6 Å². The van der Waals surface area contributed by atoms with Crippen LogP contribution < -0.4 is 10.1 Å². The Bertz CT molecular complexity index is 732. The quantitative estimate of drug-likeness (QED) is 0.381. The number of carbonyl (C=O) groups is 2. The fraction of sp³-hybridized carbons (Fsp3) is 0.652. The number of carbonyl (C=O) groups excluding carboxylic acids is 1. The summed E-state index contributed by atoms with van der Waals surface area (Å²) in [5.41, 5.74) is 0.852. The van der Waals surface area contributed by atoms with Crippen molar-refractivity contribution in [3.05, 3.63) is 29.8 Å². The van der Waals surface area contributed by atoms with Gasteiger partial charge in [-0.15, -0.1) is 0 Å². The lowest BCUT2D eigenvalue weighted by Gasteiger charge is -2.38. The molecule has 5 atom stereocenters. The summed E-state index contributed by atoms with van der Waals surface area (Å²) in [6, 6.07) is 6.61. The first kappa shape index (κ1) is 28.6. The number of rotatable bonds is 8. The normalized spacial score (nSPS) is 24.8. The molecule has 0 spiro atoms. The minimum Gasteiger partial charge on any atom is -0.491 e. The molecule has 1 heterocycles. The van der Waals surface area contributed by atoms with Crippen molar-refractivity contribution in [2.75, 3.05) is 13.2 Å². The average molecular weight is 472 g/mol. The Kier molecular flexibility index (Phi) is 11.6. The van der Waals surface area contributed by atoms with E-state index in [-0.39, 0.29) is 18.6 Å². The molecule has 5 N–H and O–H groups in total. The van der Waals surface area contributed by atoms with E-state index in [2.05, 4.69) is 26.1 Å². The molecule has 1 aromatic rings. The zero-order chi connectivity index (χ0) is 25.2. The molecule has 1 aliphatic heterocycles. The van der Waals surface area contributed by atoms with E-state index in [4.69, 9.17) is 19.3 Å². The van der Waals surface area contributed by atoms with Gasteiger partial charge >= 0.3 is 12.1 Å². The first-order valence-electron chi connectivity index (χ1n) is 11.0. The second kappa shape index (κ2) is 13.3. The van der Waals surface area contributed by atoms with Gasteiger partial charge in [-0.2, -0.15) is 0 Å². The largest absolute Gasteiger partial charge is 0.491 e. The third kappa shape index (κ3) is 9.55. The molecule has 0 radical (unpaired) electrons. The van der Waals surface area contributed by atoms with Gasteiger partial charge in [-0.1, -0.05) is 46.8 Å². The second-order valence-corrected chi connectivity index (χ2v) is 8.67. The zero-order valence-corrected chi connectivity index (χ0v) is 19.9. The summed E-state index contributed by atoms with van der Waals surface area (Å²) in [7, 11) is 0. The zero-order valence-electron chi connectivity index (χ0n) is 19.9. The number of ether oxygens (including phenoxy) is 3. The van der Waals surface area contributed by atoms with Gasteiger partial charge in [-0.3, -0.25) is 0 Å². The van der Waals surface area contributed by atoms with Crippen LogP contribution in [0, 0.1) is 5.41 Å². The molecule has 1 fully saturated rings. The van der Waals surface area contributed by atoms with E-state index >= 15 is 0 Å². The molecule has 0 bridgehead atoms. The fourth-order valence-electron chi connectivity index (χ4n) is 2.89. The Hall–Kier alpha value is -2.40. The van der Waals surface area contributed by atoms with Crippen LogP contribution in [0.1, 0.15) is 46.6 Å². The van der Waals surface area contributed by atoms with E-state index in [1.165, 1.54) is 0 Å². The van der Waals surface area contributed by atoms with Crippen LogP contribution in [0.2, 0.25) is 0 Å². The maximum atomic E-state index is 11.7. The summed E-state index contributed by atoms with van der Waals surface area (Å²) in [5.74, 6) is -1.04. The molecular formula is C23H37NO9. The monoisotopic (exact) mass is 471 g/mol. The van der Waals surface area contributed by atoms with Gasteiger partial charge < -0.3 is 40.0 Å². The molecule has 0 aromatic heterocycles. The highest BCUT2D eigenvalue weighted by Gasteiger charge is 2.47. The van der Waals surface area contributed by atoms with Gasteiger partial charge in [-0.05, 0) is 29.5 Å². The number of carboxylic acids is 1. The number of carboxylic acid groups (broad SMARTS) is 1. The van der Waals surface area contributed by atoms with Gasteiger partial charge in [0.05, 0.1) is 0 Å². The minimum atomic E-state index is -1.74. The van der Waals surface area contributed by atoms with Gasteiger partial charge in [-0.25, -0.2) is 9.59 Å². The molecule has 1 aromatic carbocycles. The smallest absolute Gasteiger partial charge is 0.407 e. The van der Waals surface area contributed by atoms with E-state index in [0.717, 1.165) is 12.0 Å². The number of alkyl carbamates (subject to hydrolysis) is 1. The molecule has 33 heavy (non-hydrogen) atoms. The fourth-order valence-corrected chi connectivity index (χ4v) is 2.89. The van der Waals surface area contributed by atoms with Crippen LogP contribution in [-0.2, 0) is 20.9 Å². The summed E-state index contributed by atoms with van der Waals surface area (Å²) in [6.07, 6.45) is -7.39. The van der Waals surface area contributed by atoms with Crippen molar-refractivity contribution in [3.8, 4) is 5.75 Å². The number of nitrogens with one attached hydrogen (secondary N) is 1. The number of amides is 1. The number of aliphatic carboxylic acids is 1. The van der Waals surface area contributed by atoms with Gasteiger partial charge in [0.15, 0.2) is 6.10 Å². The maximum absolute atomic E-state index is 11.7. The van der Waals surface area contributed by atoms with Crippen LogP contribution in [0.15, 0.2) is 24.3 Å². The Balaban J connectivity index is 0.00000265. The van der Waals surface area contributed by atoms with Crippen molar-refractivity contribution in [2.45, 2.75) is 78.2 Å². The van der Waals surface area contributed by atoms with E-state index in [9.17, 15) is 24.9 Å². The summed E-state index contributed by atoms with van der Waals surface area (Å²) < 4.78 is 15.8. The van der Waals surface area contributed by atoms with Crippen LogP contribution in [0.25, 0.3) is 0 Å². The Morgan fingerprint density at radius 2 is 1.64 bits per heavy atom. The molecule has 0 saturated carbocycles. The Labute approximate surface area is 194 Å². The predicted molar refractivity (Wildman–Crippen MR) is 120 cm³/mol. The highest BCUT2D eigenvalue weighted by atomic mass is 16.6. The van der Waals surface area contributed by atoms with Crippen molar-refractivity contribution >= 4 is 12.1 Å². The van der Waals surface area contributed by atoms with Gasteiger partial charge in [0.2, 0.25) is 0 Å². The highest BCUT2D eigenvalue weighted by Crippen LogP contribution is 2.23. The topological polar surface area (TPSA) is 155 Å². The molecule has 1 amide bonds. The lowest BCUT2D eigenvalue weighted by Crippen LogP contribution is -2.61. The maximum Gasteiger partial charge on any atom is 0.407 e. The number of hydrogen-bond acceptors (Lipinski definition) is 8. The third-order valence-electron chi connectivity index (χ3n) is 4.81. The number of aliphatic hydroxyl groups excluding tert-OH is 3. The van der Waals surface area contributed by atoms with Crippen molar-refractivity contribution in [1.82, 2.24) is 5.32 Å². The summed E-state index contributed by atoms with van der Waals surface area (Å²) in [6.45, 7) is 10.6. The van der Waals surface area contributed by atoms with Crippen molar-refractivity contribution < 1.29 is 44.2 Å². The Morgan fingerprint density at radius 1 is 1.03 bits per heavy atom. The standard InChI is InChI=1S/C21H31NO9.C2H6/c1-21(2,3)8-9-22-20(28)30-10-12-4-6-13(7-5-12)29-11-14-15(23)16(24)17(25)18(31-14)19(26)27;1-2/h4-7,14-18,23-25H,8-11H2,1-3H3,(H,22,28)(H,26,27);1-2H3/t14?,15-,16+,17-,18-;/m0./s1. The van der Waals surface area contributed by atoms with Crippen molar-refractivity contribution in [2.24, 2.45) is 5.41 Å².